The number of hydrogen-bond donors (Lipinski definition) is 1. The van der Waals surface area contributed by atoms with Crippen LogP contribution in [0.3, 0.4) is 0 Å². The van der Waals surface area contributed by atoms with Crippen molar-refractivity contribution in [2.24, 2.45) is 14.1 Å². The van der Waals surface area contributed by atoms with Gasteiger partial charge in [-0.1, -0.05) is 12.1 Å². The molecule has 2 heterocycles. The topological polar surface area (TPSA) is 74.5 Å². The van der Waals surface area contributed by atoms with E-state index in [-0.39, 0.29) is 0 Å². The van der Waals surface area contributed by atoms with Crippen molar-refractivity contribution in [3.05, 3.63) is 36.8 Å². The number of nitrogens with zero attached hydrogens (tertiary/aromatic N) is 5. The van der Waals surface area contributed by atoms with E-state index in [2.05, 4.69) is 15.3 Å². The maximum Gasteiger partial charge on any atom is 0.167 e. The van der Waals surface area contributed by atoms with E-state index in [1.807, 2.05) is 49.1 Å². The van der Waals surface area contributed by atoms with Gasteiger partial charge in [-0.2, -0.15) is 5.10 Å². The summed E-state index contributed by atoms with van der Waals surface area (Å²) in [6.45, 7) is 0. The number of nitrogens with two attached hydrogens (primary N) is 1. The highest BCUT2D eigenvalue weighted by Gasteiger charge is 2.16. The molecule has 3 rings (SSSR count). The maximum absolute atomic E-state index is 5.83. The van der Waals surface area contributed by atoms with Crippen molar-refractivity contribution in [2.75, 3.05) is 5.73 Å². The number of aromatic nitrogens is 5. The monoisotopic (exact) mass is 254 g/mol. The average molecular weight is 254 g/mol. The Hall–Kier alpha value is -2.63. The predicted octanol–water partition coefficient (Wildman–Crippen LogP) is 1.46. The summed E-state index contributed by atoms with van der Waals surface area (Å²) in [7, 11) is 3.79. The molecule has 0 fully saturated rings. The molecule has 0 aliphatic heterocycles. The summed E-state index contributed by atoms with van der Waals surface area (Å²) < 4.78 is 3.63. The first-order valence-electron chi connectivity index (χ1n) is 5.89. The van der Waals surface area contributed by atoms with Crippen molar-refractivity contribution < 1.29 is 0 Å². The maximum atomic E-state index is 5.83. The lowest BCUT2D eigenvalue weighted by Gasteiger charge is -2.02. The fourth-order valence-corrected chi connectivity index (χ4v) is 2.08. The number of nitrogen functional groups attached to an aromatic ring is 1. The van der Waals surface area contributed by atoms with Gasteiger partial charge in [0.25, 0.3) is 0 Å². The van der Waals surface area contributed by atoms with E-state index in [4.69, 9.17) is 5.73 Å². The lowest BCUT2D eigenvalue weighted by Crippen LogP contribution is -1.92. The molecule has 0 aliphatic carbocycles. The second kappa shape index (κ2) is 4.24. The molecule has 3 aromatic rings. The van der Waals surface area contributed by atoms with Crippen molar-refractivity contribution in [3.63, 3.8) is 0 Å². The van der Waals surface area contributed by atoms with Gasteiger partial charge in [0.15, 0.2) is 5.82 Å². The van der Waals surface area contributed by atoms with E-state index >= 15 is 0 Å². The van der Waals surface area contributed by atoms with Gasteiger partial charge in [-0.3, -0.25) is 4.68 Å². The normalized spacial score (nSPS) is 10.8. The number of aryl methyl sites for hydroxylation is 2. The molecule has 6 nitrogen and oxygen atoms in total. The minimum absolute atomic E-state index is 0.715. The van der Waals surface area contributed by atoms with E-state index in [1.54, 1.807) is 11.0 Å². The highest BCUT2D eigenvalue weighted by molar-refractivity contribution is 5.78. The SMILES string of the molecule is Cn1cc(-c2nncn2C)c(-c2cccc(N)c2)n1. The molecular formula is C13H14N6. The minimum atomic E-state index is 0.715. The van der Waals surface area contributed by atoms with Gasteiger partial charge in [-0.05, 0) is 12.1 Å². The minimum Gasteiger partial charge on any atom is -0.399 e. The highest BCUT2D eigenvalue weighted by Crippen LogP contribution is 2.29. The molecule has 0 radical (unpaired) electrons. The Balaban J connectivity index is 2.20. The van der Waals surface area contributed by atoms with Crippen LogP contribution in [-0.4, -0.2) is 24.5 Å². The first kappa shape index (κ1) is 11.5. The summed E-state index contributed by atoms with van der Waals surface area (Å²) in [5, 5.41) is 12.5. The molecule has 0 amide bonds. The summed E-state index contributed by atoms with van der Waals surface area (Å²) in [5.74, 6) is 0.783. The van der Waals surface area contributed by atoms with E-state index in [9.17, 15) is 0 Å². The van der Waals surface area contributed by atoms with Crippen LogP contribution in [0.2, 0.25) is 0 Å². The molecule has 0 bridgehead atoms. The fourth-order valence-electron chi connectivity index (χ4n) is 2.08. The molecule has 19 heavy (non-hydrogen) atoms. The van der Waals surface area contributed by atoms with Crippen LogP contribution in [0.25, 0.3) is 22.6 Å². The zero-order chi connectivity index (χ0) is 13.4. The molecule has 6 heteroatoms. The van der Waals surface area contributed by atoms with Crippen LogP contribution in [0.5, 0.6) is 0 Å². The summed E-state index contributed by atoms with van der Waals surface area (Å²) in [6.07, 6.45) is 3.61. The standard InChI is InChI=1S/C13H14N6/c1-18-8-15-16-13(18)11-7-19(2)17-12(11)9-4-3-5-10(14)6-9/h3-8H,14H2,1-2H3. The average Bonchev–Trinajstić information content (AvgIpc) is 2.95. The third-order valence-corrected chi connectivity index (χ3v) is 2.94. The summed E-state index contributed by atoms with van der Waals surface area (Å²) in [4.78, 5) is 0. The Morgan fingerprint density at radius 1 is 1.21 bits per heavy atom. The van der Waals surface area contributed by atoms with Gasteiger partial charge in [0.05, 0.1) is 5.56 Å². The summed E-state index contributed by atoms with van der Waals surface area (Å²) in [6, 6.07) is 7.66. The third-order valence-electron chi connectivity index (χ3n) is 2.94. The van der Waals surface area contributed by atoms with Crippen LogP contribution < -0.4 is 5.73 Å². The van der Waals surface area contributed by atoms with Crippen molar-refractivity contribution >= 4 is 5.69 Å². The lowest BCUT2D eigenvalue weighted by atomic mass is 10.1. The summed E-state index contributed by atoms with van der Waals surface area (Å²) >= 11 is 0. The third kappa shape index (κ3) is 1.97. The van der Waals surface area contributed by atoms with Gasteiger partial charge in [-0.15, -0.1) is 10.2 Å². The van der Waals surface area contributed by atoms with Crippen LogP contribution in [0.4, 0.5) is 5.69 Å². The zero-order valence-corrected chi connectivity index (χ0v) is 10.8. The van der Waals surface area contributed by atoms with Crippen LogP contribution in [0.1, 0.15) is 0 Å². The molecule has 2 N–H and O–H groups in total. The van der Waals surface area contributed by atoms with Crippen molar-refractivity contribution in [1.29, 1.82) is 0 Å². The van der Waals surface area contributed by atoms with Gasteiger partial charge in [0.1, 0.15) is 12.0 Å². The molecule has 0 saturated carbocycles. The Kier molecular flexibility index (Phi) is 2.56. The Labute approximate surface area is 110 Å². The van der Waals surface area contributed by atoms with E-state index < -0.39 is 0 Å². The molecule has 0 unspecified atom stereocenters. The molecule has 2 aromatic heterocycles. The van der Waals surface area contributed by atoms with Crippen molar-refractivity contribution in [3.8, 4) is 22.6 Å². The van der Waals surface area contributed by atoms with Crippen molar-refractivity contribution in [1.82, 2.24) is 24.5 Å². The molecule has 0 atom stereocenters. The Morgan fingerprint density at radius 2 is 2.05 bits per heavy atom. The molecule has 1 aromatic carbocycles. The largest absolute Gasteiger partial charge is 0.399 e. The first-order valence-corrected chi connectivity index (χ1v) is 5.89. The summed E-state index contributed by atoms with van der Waals surface area (Å²) in [5.41, 5.74) is 9.31. The van der Waals surface area contributed by atoms with Crippen LogP contribution in [-0.2, 0) is 14.1 Å². The quantitative estimate of drug-likeness (QED) is 0.703. The number of hydrogen-bond acceptors (Lipinski definition) is 4. The molecule has 0 aliphatic rings. The van der Waals surface area contributed by atoms with E-state index in [0.717, 1.165) is 22.6 Å². The fraction of sp³-hybridized carbons (Fsp3) is 0.154. The number of rotatable bonds is 2. The van der Waals surface area contributed by atoms with Gasteiger partial charge in [-0.25, -0.2) is 0 Å². The van der Waals surface area contributed by atoms with E-state index in [1.165, 1.54) is 0 Å². The number of anilines is 1. The Bertz CT molecular complexity index is 724. The molecular weight excluding hydrogens is 240 g/mol. The number of benzene rings is 1. The van der Waals surface area contributed by atoms with Crippen LogP contribution in [0.15, 0.2) is 36.8 Å². The molecule has 96 valence electrons. The lowest BCUT2D eigenvalue weighted by molar-refractivity contribution is 0.771. The predicted molar refractivity (Wildman–Crippen MR) is 73.1 cm³/mol. The van der Waals surface area contributed by atoms with Crippen molar-refractivity contribution in [2.45, 2.75) is 0 Å². The van der Waals surface area contributed by atoms with Gasteiger partial charge >= 0.3 is 0 Å². The smallest absolute Gasteiger partial charge is 0.167 e. The second-order valence-electron chi connectivity index (χ2n) is 4.46. The van der Waals surface area contributed by atoms with E-state index in [0.29, 0.717) is 5.69 Å². The molecule has 0 saturated heterocycles. The van der Waals surface area contributed by atoms with Crippen LogP contribution in [0, 0.1) is 0 Å². The van der Waals surface area contributed by atoms with Crippen LogP contribution >= 0.6 is 0 Å². The van der Waals surface area contributed by atoms with Gasteiger partial charge < -0.3 is 10.3 Å². The first-order chi connectivity index (χ1) is 9.15. The van der Waals surface area contributed by atoms with Gasteiger partial charge in [0, 0.05) is 31.5 Å². The Morgan fingerprint density at radius 3 is 2.74 bits per heavy atom. The second-order valence-corrected chi connectivity index (χ2v) is 4.46. The zero-order valence-electron chi connectivity index (χ0n) is 10.8. The highest BCUT2D eigenvalue weighted by atomic mass is 15.3. The van der Waals surface area contributed by atoms with Gasteiger partial charge in [0.2, 0.25) is 0 Å². The molecule has 0 spiro atoms.